The molecule has 2 aliphatic heterocycles. The van der Waals surface area contributed by atoms with E-state index in [1.54, 1.807) is 0 Å². The highest BCUT2D eigenvalue weighted by Gasteiger charge is 2.44. The highest BCUT2D eigenvalue weighted by atomic mass is 19.3. The lowest BCUT2D eigenvalue weighted by Crippen LogP contribution is -2.60. The average molecular weight is 326 g/mol. The van der Waals surface area contributed by atoms with Crippen LogP contribution in [-0.2, 0) is 16.1 Å². The number of hydrogen-bond acceptors (Lipinski definition) is 4. The van der Waals surface area contributed by atoms with E-state index >= 15 is 0 Å². The quantitative estimate of drug-likeness (QED) is 0.872. The lowest BCUT2D eigenvalue weighted by molar-refractivity contribution is -0.177. The summed E-state index contributed by atoms with van der Waals surface area (Å²) in [5, 5.41) is 6.02. The van der Waals surface area contributed by atoms with Crippen molar-refractivity contribution in [2.24, 2.45) is 0 Å². The maximum Gasteiger partial charge on any atom is 0.407 e. The molecule has 7 heteroatoms. The van der Waals surface area contributed by atoms with E-state index in [0.717, 1.165) is 18.4 Å². The Morgan fingerprint density at radius 3 is 2.83 bits per heavy atom. The van der Waals surface area contributed by atoms with Crippen molar-refractivity contribution in [3.05, 3.63) is 35.9 Å². The molecule has 0 radical (unpaired) electrons. The van der Waals surface area contributed by atoms with Gasteiger partial charge in [0.1, 0.15) is 6.61 Å². The van der Waals surface area contributed by atoms with Crippen molar-refractivity contribution in [1.82, 2.24) is 10.6 Å². The zero-order chi connectivity index (χ0) is 16.2. The van der Waals surface area contributed by atoms with Crippen LogP contribution in [0.5, 0.6) is 0 Å². The number of hydrogen-bond donors (Lipinski definition) is 2. The van der Waals surface area contributed by atoms with Gasteiger partial charge in [-0.3, -0.25) is 0 Å². The van der Waals surface area contributed by atoms with E-state index in [2.05, 4.69) is 10.6 Å². The van der Waals surface area contributed by atoms with Crippen molar-refractivity contribution in [3.63, 3.8) is 0 Å². The van der Waals surface area contributed by atoms with Crippen molar-refractivity contribution < 1.29 is 23.0 Å². The molecular weight excluding hydrogens is 306 g/mol. The minimum Gasteiger partial charge on any atom is -0.445 e. The zero-order valence-corrected chi connectivity index (χ0v) is 12.6. The van der Waals surface area contributed by atoms with E-state index in [-0.39, 0.29) is 18.7 Å². The predicted molar refractivity (Wildman–Crippen MR) is 79.0 cm³/mol. The molecule has 1 amide bonds. The fraction of sp³-hybridized carbons (Fsp3) is 0.562. The normalized spacial score (nSPS) is 29.5. The van der Waals surface area contributed by atoms with Crippen molar-refractivity contribution in [1.29, 1.82) is 0 Å². The maximum atomic E-state index is 12.6. The minimum absolute atomic E-state index is 0.0539. The molecule has 2 N–H and O–H groups in total. The average Bonchev–Trinajstić information content (AvgIpc) is 2.93. The molecule has 5 nitrogen and oxygen atoms in total. The van der Waals surface area contributed by atoms with Crippen LogP contribution in [0.4, 0.5) is 13.6 Å². The second-order valence-corrected chi connectivity index (χ2v) is 5.95. The van der Waals surface area contributed by atoms with Crippen LogP contribution in [0.1, 0.15) is 24.8 Å². The fourth-order valence-corrected chi connectivity index (χ4v) is 3.37. The third-order valence-corrected chi connectivity index (χ3v) is 4.40. The van der Waals surface area contributed by atoms with Gasteiger partial charge in [0.25, 0.3) is 0 Å². The Balaban J connectivity index is 1.56. The first kappa shape index (κ1) is 16.1. The third-order valence-electron chi connectivity index (χ3n) is 4.40. The number of alkyl carbamates (subject to hydrolysis) is 1. The van der Waals surface area contributed by atoms with E-state index in [4.69, 9.17) is 9.47 Å². The molecule has 1 aromatic carbocycles. The lowest BCUT2D eigenvalue weighted by atomic mass is 9.96. The first-order valence-electron chi connectivity index (χ1n) is 7.78. The Morgan fingerprint density at radius 2 is 2.09 bits per heavy atom. The number of rotatable bonds is 5. The molecule has 2 fully saturated rings. The molecule has 2 aliphatic rings. The van der Waals surface area contributed by atoms with Crippen LogP contribution < -0.4 is 10.6 Å². The molecule has 23 heavy (non-hydrogen) atoms. The summed E-state index contributed by atoms with van der Waals surface area (Å²) in [5.41, 5.74) is 0.866. The van der Waals surface area contributed by atoms with Gasteiger partial charge in [0, 0.05) is 12.1 Å². The molecule has 0 spiro atoms. The van der Waals surface area contributed by atoms with E-state index in [1.807, 2.05) is 30.3 Å². The summed E-state index contributed by atoms with van der Waals surface area (Å²) in [6.45, 7) is -2.71. The van der Waals surface area contributed by atoms with Gasteiger partial charge in [-0.2, -0.15) is 8.78 Å². The Bertz CT molecular complexity index is 529. The van der Waals surface area contributed by atoms with Crippen LogP contribution in [0, 0.1) is 0 Å². The predicted octanol–water partition coefficient (Wildman–Crippen LogP) is 2.41. The van der Waals surface area contributed by atoms with Gasteiger partial charge in [0.05, 0.1) is 12.1 Å². The van der Waals surface area contributed by atoms with Crippen LogP contribution >= 0.6 is 0 Å². The Labute approximate surface area is 133 Å². The summed E-state index contributed by atoms with van der Waals surface area (Å²) in [7, 11) is 0. The topological polar surface area (TPSA) is 59.6 Å². The number of carbonyl (C=O) groups is 1. The van der Waals surface area contributed by atoms with E-state index in [9.17, 15) is 13.6 Å². The van der Waals surface area contributed by atoms with Gasteiger partial charge in [0.15, 0.2) is 0 Å². The molecular formula is C16H20F2N2O3. The van der Waals surface area contributed by atoms with Crippen LogP contribution in [0.3, 0.4) is 0 Å². The Hall–Kier alpha value is -1.73. The molecule has 0 aliphatic carbocycles. The van der Waals surface area contributed by atoms with Crippen molar-refractivity contribution in [2.45, 2.75) is 56.7 Å². The molecule has 2 bridgehead atoms. The Morgan fingerprint density at radius 1 is 1.30 bits per heavy atom. The van der Waals surface area contributed by atoms with Crippen LogP contribution in [0.2, 0.25) is 0 Å². The van der Waals surface area contributed by atoms with Crippen LogP contribution in [-0.4, -0.2) is 36.9 Å². The first-order valence-corrected chi connectivity index (χ1v) is 7.78. The summed E-state index contributed by atoms with van der Waals surface area (Å²) in [6, 6.07) is 8.90. The molecule has 2 saturated heterocycles. The number of nitrogens with one attached hydrogen (secondary N) is 2. The van der Waals surface area contributed by atoms with Crippen molar-refractivity contribution in [3.8, 4) is 0 Å². The van der Waals surface area contributed by atoms with Crippen LogP contribution in [0.25, 0.3) is 0 Å². The van der Waals surface area contributed by atoms with Crippen molar-refractivity contribution in [2.75, 3.05) is 0 Å². The fourth-order valence-electron chi connectivity index (χ4n) is 3.37. The molecule has 0 unspecified atom stereocenters. The summed E-state index contributed by atoms with van der Waals surface area (Å²) in [6.07, 6.45) is 0.888. The second kappa shape index (κ2) is 7.23. The molecule has 2 heterocycles. The highest BCUT2D eigenvalue weighted by Crippen LogP contribution is 2.30. The largest absolute Gasteiger partial charge is 0.445 e. The monoisotopic (exact) mass is 326 g/mol. The van der Waals surface area contributed by atoms with Gasteiger partial charge in [0.2, 0.25) is 0 Å². The number of carbonyl (C=O) groups excluding carboxylic acids is 1. The van der Waals surface area contributed by atoms with Gasteiger partial charge in [-0.15, -0.1) is 0 Å². The van der Waals surface area contributed by atoms with E-state index in [1.165, 1.54) is 0 Å². The second-order valence-electron chi connectivity index (χ2n) is 5.95. The van der Waals surface area contributed by atoms with Crippen molar-refractivity contribution >= 4 is 6.09 Å². The summed E-state index contributed by atoms with van der Waals surface area (Å²) >= 11 is 0. The number of piperidine rings is 1. The SMILES string of the molecule is O=C(N[C@H]1[C@H]2CC[C@@H](C[C@H]1OC(F)F)N2)OCc1ccccc1. The van der Waals surface area contributed by atoms with Gasteiger partial charge < -0.3 is 20.1 Å². The van der Waals surface area contributed by atoms with E-state index < -0.39 is 24.9 Å². The zero-order valence-electron chi connectivity index (χ0n) is 12.6. The molecule has 0 saturated carbocycles. The number of halogens is 2. The summed E-state index contributed by atoms with van der Waals surface area (Å²) in [5.74, 6) is 0. The molecule has 126 valence electrons. The number of fused-ring (bicyclic) bond motifs is 2. The third kappa shape index (κ3) is 4.17. The lowest BCUT2D eigenvalue weighted by Gasteiger charge is -2.37. The molecule has 0 aromatic heterocycles. The van der Waals surface area contributed by atoms with Gasteiger partial charge in [-0.05, 0) is 24.8 Å². The smallest absolute Gasteiger partial charge is 0.407 e. The van der Waals surface area contributed by atoms with E-state index in [0.29, 0.717) is 6.42 Å². The van der Waals surface area contributed by atoms with Gasteiger partial charge >= 0.3 is 12.7 Å². The van der Waals surface area contributed by atoms with Crippen LogP contribution in [0.15, 0.2) is 30.3 Å². The first-order chi connectivity index (χ1) is 11.1. The Kier molecular flexibility index (Phi) is 5.07. The number of benzene rings is 1. The number of amides is 1. The number of ether oxygens (including phenoxy) is 2. The highest BCUT2D eigenvalue weighted by molar-refractivity contribution is 5.68. The standard InChI is InChI=1S/C16H20F2N2O3/c17-15(18)23-13-8-11-6-7-12(19-11)14(13)20-16(21)22-9-10-4-2-1-3-5-10/h1-5,11-15,19H,6-9H2,(H,20,21)/t11-,12+,13+,14-/m0/s1. The molecule has 3 rings (SSSR count). The maximum absolute atomic E-state index is 12.6. The summed E-state index contributed by atoms with van der Waals surface area (Å²) in [4.78, 5) is 12.0. The van der Waals surface area contributed by atoms with Gasteiger partial charge in [-0.25, -0.2) is 4.79 Å². The summed E-state index contributed by atoms with van der Waals surface area (Å²) < 4.78 is 35.0. The molecule has 4 atom stereocenters. The molecule has 1 aromatic rings. The van der Waals surface area contributed by atoms with Gasteiger partial charge in [-0.1, -0.05) is 30.3 Å². The number of alkyl halides is 2. The minimum atomic E-state index is -2.85.